The second kappa shape index (κ2) is 10.3. The average Bonchev–Trinajstić information content (AvgIpc) is 3.12. The minimum atomic E-state index is -0.725. The van der Waals surface area contributed by atoms with E-state index in [0.717, 1.165) is 17.5 Å². The van der Waals surface area contributed by atoms with Crippen molar-refractivity contribution >= 4 is 17.4 Å². The molecule has 1 fully saturated rings. The lowest BCUT2D eigenvalue weighted by atomic mass is 9.95. The number of carbonyl (C=O) groups is 2. The maximum absolute atomic E-state index is 13.3. The first-order valence-electron chi connectivity index (χ1n) is 11.3. The van der Waals surface area contributed by atoms with E-state index in [1.54, 1.807) is 36.4 Å². The van der Waals surface area contributed by atoms with Crippen LogP contribution in [0.25, 0.3) is 5.76 Å². The smallest absolute Gasteiger partial charge is 0.295 e. The number of nitrogens with zero attached hydrogens (tertiary/aromatic N) is 1. The standard InChI is InChI=1S/C28H26FNO4/c1-2-18-34-23-14-10-21(11-15-23)26(31)24-25(20-6-4-3-5-7-20)30(28(33)27(24)32)17-16-19-8-12-22(29)13-9-19/h3-15,25,31H,2,16-18H2,1H3/b26-24-. The van der Waals surface area contributed by atoms with Crippen LogP contribution in [-0.4, -0.2) is 34.8 Å². The van der Waals surface area contributed by atoms with E-state index in [4.69, 9.17) is 4.74 Å². The number of aliphatic hydroxyl groups excluding tert-OH is 1. The fourth-order valence-corrected chi connectivity index (χ4v) is 4.08. The molecule has 0 aromatic heterocycles. The second-order valence-corrected chi connectivity index (χ2v) is 8.15. The quantitative estimate of drug-likeness (QED) is 0.283. The molecule has 1 saturated heterocycles. The second-order valence-electron chi connectivity index (χ2n) is 8.15. The Hall–Kier alpha value is -3.93. The van der Waals surface area contributed by atoms with E-state index in [2.05, 4.69) is 0 Å². The van der Waals surface area contributed by atoms with Gasteiger partial charge in [-0.05, 0) is 60.4 Å². The van der Waals surface area contributed by atoms with E-state index in [-0.39, 0.29) is 23.7 Å². The number of hydrogen-bond acceptors (Lipinski definition) is 4. The first-order valence-corrected chi connectivity index (χ1v) is 11.3. The molecule has 174 valence electrons. The van der Waals surface area contributed by atoms with E-state index in [1.807, 2.05) is 37.3 Å². The third-order valence-electron chi connectivity index (χ3n) is 5.81. The number of aliphatic hydroxyl groups is 1. The van der Waals surface area contributed by atoms with E-state index in [0.29, 0.717) is 24.3 Å². The van der Waals surface area contributed by atoms with Crippen LogP contribution < -0.4 is 4.74 Å². The highest BCUT2D eigenvalue weighted by atomic mass is 19.1. The Morgan fingerprint density at radius 2 is 1.65 bits per heavy atom. The molecule has 0 aliphatic carbocycles. The molecule has 1 heterocycles. The highest BCUT2D eigenvalue weighted by molar-refractivity contribution is 6.46. The van der Waals surface area contributed by atoms with Gasteiger partial charge < -0.3 is 14.7 Å². The molecule has 3 aromatic rings. The van der Waals surface area contributed by atoms with Crippen LogP contribution in [0.4, 0.5) is 4.39 Å². The number of Topliss-reactive ketones (excluding diaryl/α,β-unsaturated/α-hetero) is 1. The summed E-state index contributed by atoms with van der Waals surface area (Å²) in [5.74, 6) is -1.28. The van der Waals surface area contributed by atoms with Crippen LogP contribution in [-0.2, 0) is 16.0 Å². The van der Waals surface area contributed by atoms with Crippen LogP contribution in [0.1, 0.15) is 36.1 Å². The molecular weight excluding hydrogens is 433 g/mol. The van der Waals surface area contributed by atoms with Gasteiger partial charge in [-0.3, -0.25) is 9.59 Å². The maximum atomic E-state index is 13.3. The van der Waals surface area contributed by atoms with Crippen molar-refractivity contribution in [2.24, 2.45) is 0 Å². The lowest BCUT2D eigenvalue weighted by Crippen LogP contribution is -2.31. The van der Waals surface area contributed by atoms with Gasteiger partial charge >= 0.3 is 0 Å². The molecule has 1 aliphatic rings. The zero-order valence-corrected chi connectivity index (χ0v) is 18.9. The monoisotopic (exact) mass is 459 g/mol. The van der Waals surface area contributed by atoms with E-state index in [1.165, 1.54) is 17.0 Å². The van der Waals surface area contributed by atoms with Gasteiger partial charge in [0.15, 0.2) is 0 Å². The predicted octanol–water partition coefficient (Wildman–Crippen LogP) is 5.28. The van der Waals surface area contributed by atoms with Gasteiger partial charge in [0, 0.05) is 12.1 Å². The molecule has 6 heteroatoms. The summed E-state index contributed by atoms with van der Waals surface area (Å²) < 4.78 is 18.9. The lowest BCUT2D eigenvalue weighted by Gasteiger charge is -2.25. The predicted molar refractivity (Wildman–Crippen MR) is 128 cm³/mol. The first kappa shape index (κ1) is 23.2. The molecule has 1 N–H and O–H groups in total. The number of amides is 1. The summed E-state index contributed by atoms with van der Waals surface area (Å²) in [6.07, 6.45) is 1.32. The van der Waals surface area contributed by atoms with Crippen LogP contribution in [0.3, 0.4) is 0 Å². The Balaban J connectivity index is 1.69. The van der Waals surface area contributed by atoms with E-state index < -0.39 is 17.7 Å². The van der Waals surface area contributed by atoms with Crippen molar-refractivity contribution in [3.63, 3.8) is 0 Å². The number of carbonyl (C=O) groups excluding carboxylic acids is 2. The zero-order chi connectivity index (χ0) is 24.1. The SMILES string of the molecule is CCCOc1ccc(/C(O)=C2/C(=O)C(=O)N(CCc3ccc(F)cc3)C2c2ccccc2)cc1. The average molecular weight is 460 g/mol. The van der Waals surface area contributed by atoms with Crippen LogP contribution >= 0.6 is 0 Å². The Bertz CT molecular complexity index is 1190. The van der Waals surface area contributed by atoms with E-state index in [9.17, 15) is 19.1 Å². The molecule has 34 heavy (non-hydrogen) atoms. The lowest BCUT2D eigenvalue weighted by molar-refractivity contribution is -0.139. The Kier molecular flexibility index (Phi) is 7.07. The number of ketones is 1. The van der Waals surface area contributed by atoms with Gasteiger partial charge in [0.2, 0.25) is 0 Å². The molecule has 1 amide bonds. The fraction of sp³-hybridized carbons (Fsp3) is 0.214. The van der Waals surface area contributed by atoms with Gasteiger partial charge in [-0.25, -0.2) is 4.39 Å². The summed E-state index contributed by atoms with van der Waals surface area (Å²) in [6.45, 7) is 2.84. The van der Waals surface area contributed by atoms with Crippen molar-refractivity contribution in [3.05, 3.63) is 107 Å². The number of benzene rings is 3. The molecule has 1 atom stereocenters. The summed E-state index contributed by atoms with van der Waals surface area (Å²) in [7, 11) is 0. The highest BCUT2D eigenvalue weighted by Gasteiger charge is 2.45. The van der Waals surface area contributed by atoms with Crippen molar-refractivity contribution < 1.29 is 23.8 Å². The number of hydrogen-bond donors (Lipinski definition) is 1. The Morgan fingerprint density at radius 1 is 0.971 bits per heavy atom. The van der Waals surface area contributed by atoms with Crippen molar-refractivity contribution in [1.29, 1.82) is 0 Å². The van der Waals surface area contributed by atoms with Gasteiger partial charge in [-0.1, -0.05) is 49.4 Å². The molecular formula is C28H26FNO4. The van der Waals surface area contributed by atoms with Crippen LogP contribution in [0.5, 0.6) is 5.75 Å². The van der Waals surface area contributed by atoms with Gasteiger partial charge in [-0.2, -0.15) is 0 Å². The van der Waals surface area contributed by atoms with Crippen molar-refractivity contribution in [1.82, 2.24) is 4.90 Å². The maximum Gasteiger partial charge on any atom is 0.295 e. The Morgan fingerprint density at radius 3 is 2.29 bits per heavy atom. The van der Waals surface area contributed by atoms with Gasteiger partial charge in [-0.15, -0.1) is 0 Å². The van der Waals surface area contributed by atoms with Gasteiger partial charge in [0.25, 0.3) is 11.7 Å². The topological polar surface area (TPSA) is 66.8 Å². The minimum Gasteiger partial charge on any atom is -0.507 e. The fourth-order valence-electron chi connectivity index (χ4n) is 4.08. The molecule has 4 rings (SSSR count). The molecule has 0 bridgehead atoms. The molecule has 0 radical (unpaired) electrons. The third kappa shape index (κ3) is 4.86. The highest BCUT2D eigenvalue weighted by Crippen LogP contribution is 2.39. The Labute approximate surface area is 198 Å². The largest absolute Gasteiger partial charge is 0.507 e. The summed E-state index contributed by atoms with van der Waals surface area (Å²) in [4.78, 5) is 27.6. The molecule has 3 aromatic carbocycles. The number of ether oxygens (including phenoxy) is 1. The summed E-state index contributed by atoms with van der Waals surface area (Å²) >= 11 is 0. The van der Waals surface area contributed by atoms with Gasteiger partial charge in [0.05, 0.1) is 18.2 Å². The minimum absolute atomic E-state index is 0.0533. The van der Waals surface area contributed by atoms with Crippen LogP contribution in [0.2, 0.25) is 0 Å². The van der Waals surface area contributed by atoms with E-state index >= 15 is 0 Å². The summed E-state index contributed by atoms with van der Waals surface area (Å²) in [6, 6.07) is 21.3. The van der Waals surface area contributed by atoms with Crippen LogP contribution in [0.15, 0.2) is 84.4 Å². The van der Waals surface area contributed by atoms with Crippen molar-refractivity contribution in [3.8, 4) is 5.75 Å². The summed E-state index contributed by atoms with van der Waals surface area (Å²) in [5, 5.41) is 11.1. The number of halogens is 1. The molecule has 5 nitrogen and oxygen atoms in total. The normalized spacial score (nSPS) is 17.2. The molecule has 0 spiro atoms. The molecule has 1 aliphatic heterocycles. The van der Waals surface area contributed by atoms with Crippen LogP contribution in [0, 0.1) is 5.82 Å². The third-order valence-corrected chi connectivity index (χ3v) is 5.81. The molecule has 1 unspecified atom stereocenters. The van der Waals surface area contributed by atoms with Crippen molar-refractivity contribution in [2.75, 3.05) is 13.2 Å². The van der Waals surface area contributed by atoms with Crippen molar-refractivity contribution in [2.45, 2.75) is 25.8 Å². The summed E-state index contributed by atoms with van der Waals surface area (Å²) in [5.41, 5.74) is 2.06. The zero-order valence-electron chi connectivity index (χ0n) is 18.9. The first-order chi connectivity index (χ1) is 16.5. The number of rotatable bonds is 8. The van der Waals surface area contributed by atoms with Gasteiger partial charge in [0.1, 0.15) is 17.3 Å². The molecule has 0 saturated carbocycles. The number of likely N-dealkylation sites (tertiary alicyclic amines) is 1.